The van der Waals surface area contributed by atoms with E-state index < -0.39 is 0 Å². The molecule has 1 saturated heterocycles. The highest BCUT2D eigenvalue weighted by Crippen LogP contribution is 2.37. The standard InChI is InChI=1S/C21H27N3O2/c1-17-14-19(26-22-17)20(25)23-12-13-24(15-18-8-4-2-5-9-18)21(16-23)10-6-3-7-11-21/h2,4-5,8-9,14H,3,6-7,10-13,15-16H2,1H3. The van der Waals surface area contributed by atoms with Gasteiger partial charge in [0.05, 0.1) is 5.69 Å². The summed E-state index contributed by atoms with van der Waals surface area (Å²) in [6.07, 6.45) is 6.12. The molecule has 0 bridgehead atoms. The number of carbonyl (C=O) groups is 1. The average molecular weight is 353 g/mol. The van der Waals surface area contributed by atoms with Gasteiger partial charge in [-0.05, 0) is 25.3 Å². The summed E-state index contributed by atoms with van der Waals surface area (Å²) in [4.78, 5) is 17.5. The monoisotopic (exact) mass is 353 g/mol. The largest absolute Gasteiger partial charge is 0.351 e. The van der Waals surface area contributed by atoms with Gasteiger partial charge in [-0.15, -0.1) is 0 Å². The highest BCUT2D eigenvalue weighted by Gasteiger charge is 2.43. The second kappa shape index (κ2) is 7.23. The zero-order valence-corrected chi connectivity index (χ0v) is 15.5. The molecule has 0 radical (unpaired) electrons. The summed E-state index contributed by atoms with van der Waals surface area (Å²) >= 11 is 0. The van der Waals surface area contributed by atoms with E-state index in [4.69, 9.17) is 4.52 Å². The van der Waals surface area contributed by atoms with Crippen LogP contribution in [0.4, 0.5) is 0 Å². The van der Waals surface area contributed by atoms with Crippen molar-refractivity contribution >= 4 is 5.91 Å². The molecule has 0 atom stereocenters. The van der Waals surface area contributed by atoms with Crippen molar-refractivity contribution in [2.75, 3.05) is 19.6 Å². The number of aryl methyl sites for hydroxylation is 1. The molecule has 1 aliphatic heterocycles. The van der Waals surface area contributed by atoms with Crippen LogP contribution in [0.5, 0.6) is 0 Å². The van der Waals surface area contributed by atoms with Crippen molar-refractivity contribution in [3.8, 4) is 0 Å². The van der Waals surface area contributed by atoms with Gasteiger partial charge in [-0.1, -0.05) is 54.8 Å². The van der Waals surface area contributed by atoms with E-state index in [-0.39, 0.29) is 11.4 Å². The third kappa shape index (κ3) is 3.40. The van der Waals surface area contributed by atoms with Gasteiger partial charge >= 0.3 is 0 Å². The van der Waals surface area contributed by atoms with Crippen molar-refractivity contribution in [2.45, 2.75) is 51.1 Å². The van der Waals surface area contributed by atoms with Crippen LogP contribution >= 0.6 is 0 Å². The van der Waals surface area contributed by atoms with Crippen LogP contribution in [0, 0.1) is 6.92 Å². The van der Waals surface area contributed by atoms with Crippen LogP contribution in [0.2, 0.25) is 0 Å². The van der Waals surface area contributed by atoms with E-state index >= 15 is 0 Å². The highest BCUT2D eigenvalue weighted by molar-refractivity contribution is 5.91. The third-order valence-electron chi connectivity index (χ3n) is 5.92. The Kier molecular flexibility index (Phi) is 4.81. The van der Waals surface area contributed by atoms with Gasteiger partial charge in [0.2, 0.25) is 5.76 Å². The molecular weight excluding hydrogens is 326 g/mol. The van der Waals surface area contributed by atoms with E-state index in [0.717, 1.165) is 31.9 Å². The maximum absolute atomic E-state index is 12.9. The Balaban J connectivity index is 1.54. The molecule has 0 unspecified atom stereocenters. The minimum atomic E-state index is -0.0186. The zero-order valence-electron chi connectivity index (χ0n) is 15.5. The highest BCUT2D eigenvalue weighted by atomic mass is 16.5. The lowest BCUT2D eigenvalue weighted by Crippen LogP contribution is -2.63. The molecule has 2 heterocycles. The number of hydrogen-bond acceptors (Lipinski definition) is 4. The molecule has 1 aliphatic carbocycles. The Bertz CT molecular complexity index is 750. The number of benzene rings is 1. The summed E-state index contributed by atoms with van der Waals surface area (Å²) < 4.78 is 5.22. The van der Waals surface area contributed by atoms with E-state index in [1.807, 2.05) is 11.8 Å². The van der Waals surface area contributed by atoms with Gasteiger partial charge in [0.1, 0.15) is 0 Å². The van der Waals surface area contributed by atoms with Crippen LogP contribution in [0.3, 0.4) is 0 Å². The lowest BCUT2D eigenvalue weighted by molar-refractivity contribution is -0.0263. The summed E-state index contributed by atoms with van der Waals surface area (Å²) in [7, 11) is 0. The molecule has 1 aromatic heterocycles. The van der Waals surface area contributed by atoms with Crippen LogP contribution in [0.1, 0.15) is 53.9 Å². The number of piperazine rings is 1. The third-order valence-corrected chi connectivity index (χ3v) is 5.92. The maximum Gasteiger partial charge on any atom is 0.292 e. The first-order valence-electron chi connectivity index (χ1n) is 9.68. The second-order valence-electron chi connectivity index (χ2n) is 7.75. The molecule has 4 rings (SSSR count). The predicted molar refractivity (Wildman–Crippen MR) is 99.8 cm³/mol. The Morgan fingerprint density at radius 1 is 1.15 bits per heavy atom. The quantitative estimate of drug-likeness (QED) is 0.845. The van der Waals surface area contributed by atoms with E-state index in [2.05, 4.69) is 40.4 Å². The molecule has 2 aliphatic rings. The fourth-order valence-corrected chi connectivity index (χ4v) is 4.54. The number of aromatic nitrogens is 1. The van der Waals surface area contributed by atoms with E-state index in [1.165, 1.54) is 37.7 Å². The van der Waals surface area contributed by atoms with Gasteiger partial charge in [0, 0.05) is 37.8 Å². The van der Waals surface area contributed by atoms with Crippen molar-refractivity contribution in [1.82, 2.24) is 15.0 Å². The smallest absolute Gasteiger partial charge is 0.292 e. The fourth-order valence-electron chi connectivity index (χ4n) is 4.54. The molecule has 26 heavy (non-hydrogen) atoms. The van der Waals surface area contributed by atoms with Gasteiger partial charge in [0.25, 0.3) is 5.91 Å². The van der Waals surface area contributed by atoms with Crippen LogP contribution in [-0.4, -0.2) is 46.0 Å². The zero-order chi connectivity index (χ0) is 18.0. The summed E-state index contributed by atoms with van der Waals surface area (Å²) in [5, 5.41) is 3.87. The SMILES string of the molecule is Cc1cc(C(=O)N2CCN(Cc3ccccc3)C3(CCCCC3)C2)on1. The van der Waals surface area contributed by atoms with Crippen LogP contribution < -0.4 is 0 Å². The van der Waals surface area contributed by atoms with Gasteiger partial charge < -0.3 is 9.42 Å². The molecule has 2 aromatic rings. The second-order valence-corrected chi connectivity index (χ2v) is 7.75. The van der Waals surface area contributed by atoms with Crippen LogP contribution in [-0.2, 0) is 6.54 Å². The Morgan fingerprint density at radius 3 is 2.62 bits per heavy atom. The normalized spacial score (nSPS) is 20.4. The summed E-state index contributed by atoms with van der Waals surface area (Å²) in [5.74, 6) is 0.347. The van der Waals surface area contributed by atoms with Crippen molar-refractivity contribution in [2.24, 2.45) is 0 Å². The molecule has 138 valence electrons. The molecule has 5 heteroatoms. The number of carbonyl (C=O) groups excluding carboxylic acids is 1. The molecule has 5 nitrogen and oxygen atoms in total. The van der Waals surface area contributed by atoms with Gasteiger partial charge in [-0.25, -0.2) is 0 Å². The van der Waals surface area contributed by atoms with Crippen LogP contribution in [0.15, 0.2) is 40.9 Å². The molecule has 1 spiro atoms. The number of amides is 1. The lowest BCUT2D eigenvalue weighted by atomic mass is 9.78. The summed E-state index contributed by atoms with van der Waals surface area (Å²) in [6, 6.07) is 12.4. The van der Waals surface area contributed by atoms with Crippen LogP contribution in [0.25, 0.3) is 0 Å². The van der Waals surface area contributed by atoms with Gasteiger partial charge in [-0.3, -0.25) is 9.69 Å². The molecule has 1 saturated carbocycles. The minimum Gasteiger partial charge on any atom is -0.351 e. The number of rotatable bonds is 3. The molecule has 2 fully saturated rings. The Hall–Kier alpha value is -2.14. The van der Waals surface area contributed by atoms with E-state index in [1.54, 1.807) is 6.07 Å². The predicted octanol–water partition coefficient (Wildman–Crippen LogP) is 3.64. The average Bonchev–Trinajstić information content (AvgIpc) is 3.11. The Labute approximate surface area is 155 Å². The number of hydrogen-bond donors (Lipinski definition) is 0. The van der Waals surface area contributed by atoms with E-state index in [9.17, 15) is 4.79 Å². The first kappa shape index (κ1) is 17.3. The first-order valence-corrected chi connectivity index (χ1v) is 9.68. The minimum absolute atomic E-state index is 0.0186. The molecular formula is C21H27N3O2. The van der Waals surface area contributed by atoms with E-state index in [0.29, 0.717) is 5.76 Å². The van der Waals surface area contributed by atoms with Crippen molar-refractivity contribution in [3.05, 3.63) is 53.4 Å². The first-order chi connectivity index (χ1) is 12.7. The molecule has 1 aromatic carbocycles. The van der Waals surface area contributed by atoms with Crippen molar-refractivity contribution in [1.29, 1.82) is 0 Å². The Morgan fingerprint density at radius 2 is 1.92 bits per heavy atom. The lowest BCUT2D eigenvalue weighted by Gasteiger charge is -2.52. The molecule has 0 N–H and O–H groups in total. The number of nitrogens with zero attached hydrogens (tertiary/aromatic N) is 3. The topological polar surface area (TPSA) is 49.6 Å². The van der Waals surface area contributed by atoms with Gasteiger partial charge in [0.15, 0.2) is 0 Å². The summed E-state index contributed by atoms with van der Waals surface area (Å²) in [6.45, 7) is 5.25. The fraction of sp³-hybridized carbons (Fsp3) is 0.524. The molecule has 1 amide bonds. The summed E-state index contributed by atoms with van der Waals surface area (Å²) in [5.41, 5.74) is 2.20. The van der Waals surface area contributed by atoms with Gasteiger partial charge in [-0.2, -0.15) is 0 Å². The van der Waals surface area contributed by atoms with Crippen molar-refractivity contribution in [3.63, 3.8) is 0 Å². The van der Waals surface area contributed by atoms with Crippen molar-refractivity contribution < 1.29 is 9.32 Å². The maximum atomic E-state index is 12.9.